The topological polar surface area (TPSA) is 102 Å². The number of carbonyl (C=O) groups excluding carboxylic acids is 1. The summed E-state index contributed by atoms with van der Waals surface area (Å²) in [6.07, 6.45) is 4.01. The predicted octanol–water partition coefficient (Wildman–Crippen LogP) is 3.60. The number of nitrogens with two attached hydrogens (primary N) is 1. The summed E-state index contributed by atoms with van der Waals surface area (Å²) in [4.78, 5) is 18.7. The third-order valence-corrected chi connectivity index (χ3v) is 4.95. The van der Waals surface area contributed by atoms with Crippen LogP contribution in [0, 0.1) is 0 Å². The van der Waals surface area contributed by atoms with Crippen molar-refractivity contribution >= 4 is 17.1 Å². The number of amides is 1. The maximum atomic E-state index is 10.9. The highest BCUT2D eigenvalue weighted by molar-refractivity contribution is 5.81. The van der Waals surface area contributed by atoms with Gasteiger partial charge in [0.25, 0.3) is 0 Å². The van der Waals surface area contributed by atoms with Crippen LogP contribution in [-0.4, -0.2) is 35.3 Å². The molecule has 146 valence electrons. The standard InChI is InChI=1S/C21H24N4O3/c22-21(26)28-17-8-9-18-19(13-17)25-20(24-18)14-4-6-16(7-5-14)27-12-10-15-3-1-2-11-23-15/h4-9,13,15,23H,1-3,10-12H2,(H2,22,26)(H,24,25). The van der Waals surface area contributed by atoms with Crippen molar-refractivity contribution in [2.24, 2.45) is 5.73 Å². The van der Waals surface area contributed by atoms with E-state index in [4.69, 9.17) is 15.2 Å². The lowest BCUT2D eigenvalue weighted by molar-refractivity contribution is 0.211. The van der Waals surface area contributed by atoms with Crippen molar-refractivity contribution in [1.29, 1.82) is 0 Å². The SMILES string of the molecule is NC(=O)Oc1ccc2nc(-c3ccc(OCCC4CCCCN4)cc3)[nH]c2c1. The van der Waals surface area contributed by atoms with Crippen LogP contribution >= 0.6 is 0 Å². The van der Waals surface area contributed by atoms with E-state index in [-0.39, 0.29) is 0 Å². The van der Waals surface area contributed by atoms with Crippen LogP contribution in [0.4, 0.5) is 4.79 Å². The van der Waals surface area contributed by atoms with Crippen LogP contribution < -0.4 is 20.5 Å². The van der Waals surface area contributed by atoms with Crippen molar-refractivity contribution in [3.8, 4) is 22.9 Å². The molecule has 7 heteroatoms. The molecule has 3 aromatic rings. The first-order valence-corrected chi connectivity index (χ1v) is 9.61. The zero-order valence-electron chi connectivity index (χ0n) is 15.6. The minimum absolute atomic E-state index is 0.381. The van der Waals surface area contributed by atoms with E-state index in [1.807, 2.05) is 24.3 Å². The number of benzene rings is 2. The average molecular weight is 380 g/mol. The Morgan fingerprint density at radius 2 is 1.96 bits per heavy atom. The first-order chi connectivity index (χ1) is 13.7. The second kappa shape index (κ2) is 8.31. The number of imidazole rings is 1. The van der Waals surface area contributed by atoms with Gasteiger partial charge in [-0.05, 0) is 62.2 Å². The Morgan fingerprint density at radius 1 is 1.14 bits per heavy atom. The molecule has 1 unspecified atom stereocenters. The number of piperidine rings is 1. The van der Waals surface area contributed by atoms with E-state index in [0.29, 0.717) is 18.4 Å². The molecule has 1 fully saturated rings. The third kappa shape index (κ3) is 4.43. The summed E-state index contributed by atoms with van der Waals surface area (Å²) >= 11 is 0. The summed E-state index contributed by atoms with van der Waals surface area (Å²) in [7, 11) is 0. The van der Waals surface area contributed by atoms with Crippen molar-refractivity contribution in [1.82, 2.24) is 15.3 Å². The molecule has 1 amide bonds. The van der Waals surface area contributed by atoms with E-state index in [0.717, 1.165) is 41.1 Å². The van der Waals surface area contributed by atoms with Crippen molar-refractivity contribution in [3.63, 3.8) is 0 Å². The highest BCUT2D eigenvalue weighted by atomic mass is 16.5. The normalized spacial score (nSPS) is 16.8. The Hall–Kier alpha value is -3.06. The van der Waals surface area contributed by atoms with Gasteiger partial charge in [-0.2, -0.15) is 0 Å². The Bertz CT molecular complexity index is 946. The average Bonchev–Trinajstić information content (AvgIpc) is 3.12. The van der Waals surface area contributed by atoms with Gasteiger partial charge >= 0.3 is 6.09 Å². The summed E-state index contributed by atoms with van der Waals surface area (Å²) in [6, 6.07) is 13.6. The second-order valence-electron chi connectivity index (χ2n) is 6.99. The molecule has 0 spiro atoms. The number of nitrogens with zero attached hydrogens (tertiary/aromatic N) is 1. The molecule has 0 aliphatic carbocycles. The van der Waals surface area contributed by atoms with E-state index in [1.54, 1.807) is 18.2 Å². The van der Waals surface area contributed by atoms with Gasteiger partial charge in [0.1, 0.15) is 17.3 Å². The van der Waals surface area contributed by atoms with Gasteiger partial charge in [0.15, 0.2) is 0 Å². The first-order valence-electron chi connectivity index (χ1n) is 9.61. The number of carbonyl (C=O) groups is 1. The molecule has 0 saturated carbocycles. The van der Waals surface area contributed by atoms with Crippen molar-refractivity contribution in [2.75, 3.05) is 13.2 Å². The monoisotopic (exact) mass is 380 g/mol. The number of fused-ring (bicyclic) bond motifs is 1. The number of rotatable bonds is 6. The summed E-state index contributed by atoms with van der Waals surface area (Å²) in [5.74, 6) is 1.98. The largest absolute Gasteiger partial charge is 0.494 e. The summed E-state index contributed by atoms with van der Waals surface area (Å²) < 4.78 is 10.8. The number of primary amides is 1. The maximum Gasteiger partial charge on any atom is 0.409 e. The van der Waals surface area contributed by atoms with Gasteiger partial charge in [-0.25, -0.2) is 9.78 Å². The highest BCUT2D eigenvalue weighted by Crippen LogP contribution is 2.25. The minimum atomic E-state index is -0.839. The number of hydrogen-bond acceptors (Lipinski definition) is 5. The number of hydrogen-bond donors (Lipinski definition) is 3. The molecule has 1 aliphatic heterocycles. The quantitative estimate of drug-likeness (QED) is 0.606. The highest BCUT2D eigenvalue weighted by Gasteiger charge is 2.12. The molecule has 2 aromatic carbocycles. The van der Waals surface area contributed by atoms with Gasteiger partial charge in [0.05, 0.1) is 17.6 Å². The smallest absolute Gasteiger partial charge is 0.409 e. The van der Waals surface area contributed by atoms with E-state index >= 15 is 0 Å². The molecule has 0 radical (unpaired) electrons. The van der Waals surface area contributed by atoms with Gasteiger partial charge in [-0.3, -0.25) is 0 Å². The Kier molecular flexibility index (Phi) is 5.43. The number of H-pyrrole nitrogens is 1. The van der Waals surface area contributed by atoms with Gasteiger partial charge < -0.3 is 25.5 Å². The molecular weight excluding hydrogens is 356 g/mol. The number of nitrogens with one attached hydrogen (secondary N) is 2. The molecule has 7 nitrogen and oxygen atoms in total. The second-order valence-corrected chi connectivity index (χ2v) is 6.99. The molecule has 2 heterocycles. The third-order valence-electron chi connectivity index (χ3n) is 4.95. The van der Waals surface area contributed by atoms with Crippen LogP contribution in [0.25, 0.3) is 22.4 Å². The van der Waals surface area contributed by atoms with Crippen molar-refractivity contribution in [3.05, 3.63) is 42.5 Å². The molecule has 1 aliphatic rings. The fourth-order valence-corrected chi connectivity index (χ4v) is 3.50. The van der Waals surface area contributed by atoms with E-state index < -0.39 is 6.09 Å². The van der Waals surface area contributed by atoms with Gasteiger partial charge in [-0.15, -0.1) is 0 Å². The van der Waals surface area contributed by atoms with E-state index in [1.165, 1.54) is 19.3 Å². The summed E-state index contributed by atoms with van der Waals surface area (Å²) in [5, 5.41) is 3.54. The van der Waals surface area contributed by atoms with Crippen LogP contribution in [0.5, 0.6) is 11.5 Å². The molecule has 1 atom stereocenters. The van der Waals surface area contributed by atoms with Crippen molar-refractivity contribution in [2.45, 2.75) is 31.7 Å². The number of ether oxygens (including phenoxy) is 2. The maximum absolute atomic E-state index is 10.9. The molecule has 1 aromatic heterocycles. The Morgan fingerprint density at radius 3 is 2.71 bits per heavy atom. The van der Waals surface area contributed by atoms with Gasteiger partial charge in [0, 0.05) is 17.7 Å². The first kappa shape index (κ1) is 18.3. The van der Waals surface area contributed by atoms with Crippen LogP contribution in [0.15, 0.2) is 42.5 Å². The number of aromatic amines is 1. The molecule has 4 rings (SSSR count). The lowest BCUT2D eigenvalue weighted by Gasteiger charge is -2.23. The molecule has 1 saturated heterocycles. The fraction of sp³-hybridized carbons (Fsp3) is 0.333. The molecule has 28 heavy (non-hydrogen) atoms. The molecule has 0 bridgehead atoms. The zero-order valence-corrected chi connectivity index (χ0v) is 15.6. The van der Waals surface area contributed by atoms with Crippen LogP contribution in [-0.2, 0) is 0 Å². The summed E-state index contributed by atoms with van der Waals surface area (Å²) in [6.45, 7) is 1.83. The van der Waals surface area contributed by atoms with Crippen LogP contribution in [0.2, 0.25) is 0 Å². The lowest BCUT2D eigenvalue weighted by atomic mass is 10.0. The Balaban J connectivity index is 1.39. The summed E-state index contributed by atoms with van der Waals surface area (Å²) in [5.41, 5.74) is 7.56. The zero-order chi connectivity index (χ0) is 19.3. The minimum Gasteiger partial charge on any atom is -0.494 e. The molecular formula is C21H24N4O3. The molecule has 4 N–H and O–H groups in total. The van der Waals surface area contributed by atoms with E-state index in [9.17, 15) is 4.79 Å². The lowest BCUT2D eigenvalue weighted by Crippen LogP contribution is -2.35. The predicted molar refractivity (Wildman–Crippen MR) is 107 cm³/mol. The van der Waals surface area contributed by atoms with Crippen LogP contribution in [0.3, 0.4) is 0 Å². The van der Waals surface area contributed by atoms with Crippen molar-refractivity contribution < 1.29 is 14.3 Å². The van der Waals surface area contributed by atoms with Gasteiger partial charge in [-0.1, -0.05) is 6.42 Å². The van der Waals surface area contributed by atoms with E-state index in [2.05, 4.69) is 15.3 Å². The van der Waals surface area contributed by atoms with Gasteiger partial charge in [0.2, 0.25) is 0 Å². The number of aromatic nitrogens is 2. The van der Waals surface area contributed by atoms with Crippen LogP contribution in [0.1, 0.15) is 25.7 Å². The Labute approximate surface area is 163 Å². The fourth-order valence-electron chi connectivity index (χ4n) is 3.50.